The molecule has 4 aromatic rings. The zero-order valence-corrected chi connectivity index (χ0v) is 23.4. The molecule has 10 nitrogen and oxygen atoms in total. The third-order valence-electron chi connectivity index (χ3n) is 6.57. The summed E-state index contributed by atoms with van der Waals surface area (Å²) in [5, 5.41) is 14.2. The molecule has 1 fully saturated rings. The van der Waals surface area contributed by atoms with Crippen LogP contribution in [0.2, 0.25) is 0 Å². The fourth-order valence-electron chi connectivity index (χ4n) is 4.33. The lowest BCUT2D eigenvalue weighted by atomic mass is 9.92. The third-order valence-corrected chi connectivity index (χ3v) is 6.57. The lowest BCUT2D eigenvalue weighted by Crippen LogP contribution is -2.32. The van der Waals surface area contributed by atoms with Crippen LogP contribution in [0, 0.1) is 0 Å². The zero-order valence-electron chi connectivity index (χ0n) is 23.4. The molecule has 16 heteroatoms. The van der Waals surface area contributed by atoms with Crippen molar-refractivity contribution < 1.29 is 55.3 Å². The van der Waals surface area contributed by atoms with Gasteiger partial charge in [-0.2, -0.15) is 26.3 Å². The molecular formula is C28H28F6N4O6. The number of pyridine rings is 1. The smallest absolute Gasteiger partial charge is 0.490 e. The van der Waals surface area contributed by atoms with Crippen molar-refractivity contribution in [3.63, 3.8) is 0 Å². The molecule has 4 heterocycles. The third kappa shape index (κ3) is 9.20. The number of carboxylic acid groups (broad SMARTS) is 2. The maximum atomic E-state index is 10.6. The Balaban J connectivity index is 0.000000317. The molecule has 0 amide bonds. The van der Waals surface area contributed by atoms with Crippen molar-refractivity contribution in [2.45, 2.75) is 37.7 Å². The number of carbonyl (C=O) groups is 2. The maximum absolute atomic E-state index is 10.6. The molecule has 5 rings (SSSR count). The first-order chi connectivity index (χ1) is 20.6. The quantitative estimate of drug-likeness (QED) is 0.260. The first-order valence-corrected chi connectivity index (χ1v) is 12.9. The standard InChI is InChI=1S/C24H26N4O2.2C2HF3O2/c1-27-16-25-24-22(27)13-21(26-23(24)19-3-5-20(29-2)6-4-19)18-7-10-28(11-8-18)14-17-9-12-30-15-17;2*3-2(4,5)1(6)7/h3-6,9,12-13,15-16,18H,7-8,10-11,14H2,1-2H3;2*(H,6,7). The summed E-state index contributed by atoms with van der Waals surface area (Å²) in [5.74, 6) is -4.21. The highest BCUT2D eigenvalue weighted by atomic mass is 19.4. The number of likely N-dealkylation sites (tertiary alicyclic amines) is 1. The Hall–Kier alpha value is -4.60. The number of aliphatic carboxylic acids is 2. The molecule has 1 saturated heterocycles. The Morgan fingerprint density at radius 2 is 1.57 bits per heavy atom. The van der Waals surface area contributed by atoms with E-state index in [1.54, 1.807) is 13.4 Å². The Labute approximate surface area is 246 Å². The van der Waals surface area contributed by atoms with Crippen molar-refractivity contribution in [3.8, 4) is 17.0 Å². The van der Waals surface area contributed by atoms with Gasteiger partial charge in [0.1, 0.15) is 11.3 Å². The summed E-state index contributed by atoms with van der Waals surface area (Å²) in [6, 6.07) is 12.4. The first kappa shape index (κ1) is 33.9. The number of alkyl halides is 6. The van der Waals surface area contributed by atoms with E-state index in [1.807, 2.05) is 37.8 Å². The van der Waals surface area contributed by atoms with Crippen molar-refractivity contribution in [2.24, 2.45) is 7.05 Å². The van der Waals surface area contributed by atoms with E-state index >= 15 is 0 Å². The largest absolute Gasteiger partial charge is 0.497 e. The lowest BCUT2D eigenvalue weighted by Gasteiger charge is -2.31. The minimum absolute atomic E-state index is 0.460. The summed E-state index contributed by atoms with van der Waals surface area (Å²) in [4.78, 5) is 30.0. The maximum Gasteiger partial charge on any atom is 0.490 e. The zero-order chi connectivity index (χ0) is 32.7. The van der Waals surface area contributed by atoms with Gasteiger partial charge in [0.05, 0.1) is 37.2 Å². The first-order valence-electron chi connectivity index (χ1n) is 12.9. The number of hydrogen-bond acceptors (Lipinski definition) is 7. The Morgan fingerprint density at radius 1 is 1.00 bits per heavy atom. The van der Waals surface area contributed by atoms with Gasteiger partial charge < -0.3 is 23.9 Å². The van der Waals surface area contributed by atoms with Crippen LogP contribution >= 0.6 is 0 Å². The lowest BCUT2D eigenvalue weighted by molar-refractivity contribution is -0.193. The number of imidazole rings is 1. The summed E-state index contributed by atoms with van der Waals surface area (Å²) >= 11 is 0. The molecule has 1 aliphatic rings. The van der Waals surface area contributed by atoms with Gasteiger partial charge in [-0.15, -0.1) is 0 Å². The Kier molecular flexibility index (Phi) is 11.0. The number of aryl methyl sites for hydroxylation is 1. The summed E-state index contributed by atoms with van der Waals surface area (Å²) in [7, 11) is 3.73. The number of nitrogens with zero attached hydrogens (tertiary/aromatic N) is 4. The van der Waals surface area contributed by atoms with Crippen molar-refractivity contribution in [1.82, 2.24) is 19.4 Å². The molecule has 2 N–H and O–H groups in total. The molecule has 0 spiro atoms. The average molecular weight is 631 g/mol. The van der Waals surface area contributed by atoms with E-state index in [9.17, 15) is 26.3 Å². The summed E-state index contributed by atoms with van der Waals surface area (Å²) in [6.45, 7) is 3.09. The normalized spacial score (nSPS) is 14.3. The molecule has 0 bridgehead atoms. The van der Waals surface area contributed by atoms with Gasteiger partial charge in [0.15, 0.2) is 0 Å². The van der Waals surface area contributed by atoms with Gasteiger partial charge >= 0.3 is 24.3 Å². The van der Waals surface area contributed by atoms with Crippen LogP contribution < -0.4 is 4.74 Å². The summed E-state index contributed by atoms with van der Waals surface area (Å²) < 4.78 is 76.1. The number of furan rings is 1. The molecule has 44 heavy (non-hydrogen) atoms. The van der Waals surface area contributed by atoms with Gasteiger partial charge in [0.25, 0.3) is 0 Å². The predicted octanol–water partition coefficient (Wildman–Crippen LogP) is 5.88. The van der Waals surface area contributed by atoms with E-state index in [-0.39, 0.29) is 0 Å². The number of ether oxygens (including phenoxy) is 1. The minimum Gasteiger partial charge on any atom is -0.497 e. The Morgan fingerprint density at radius 3 is 2.05 bits per heavy atom. The van der Waals surface area contributed by atoms with Crippen LogP contribution in [0.5, 0.6) is 5.75 Å². The highest BCUT2D eigenvalue weighted by Crippen LogP contribution is 2.34. The SMILES string of the molecule is COc1ccc(-c2nc(C3CCN(Cc4ccoc4)CC3)cc3c2ncn3C)cc1.O=C(O)C(F)(F)F.O=C(O)C(F)(F)F. The van der Waals surface area contributed by atoms with Crippen LogP contribution in [0.3, 0.4) is 0 Å². The number of aromatic nitrogens is 3. The van der Waals surface area contributed by atoms with Crippen LogP contribution in [-0.2, 0) is 23.2 Å². The van der Waals surface area contributed by atoms with Gasteiger partial charge in [-0.05, 0) is 62.3 Å². The number of rotatable bonds is 5. The van der Waals surface area contributed by atoms with Crippen molar-refractivity contribution in [3.05, 3.63) is 66.5 Å². The average Bonchev–Trinajstić information content (AvgIpc) is 3.62. The van der Waals surface area contributed by atoms with Crippen LogP contribution in [-0.4, -0.2) is 74.1 Å². The molecule has 3 aromatic heterocycles. The highest BCUT2D eigenvalue weighted by Gasteiger charge is 2.38. The van der Waals surface area contributed by atoms with E-state index in [0.29, 0.717) is 5.92 Å². The van der Waals surface area contributed by atoms with Gasteiger partial charge in [0.2, 0.25) is 0 Å². The van der Waals surface area contributed by atoms with E-state index in [2.05, 4.69) is 32.7 Å². The second kappa shape index (κ2) is 14.2. The molecular weight excluding hydrogens is 602 g/mol. The second-order valence-electron chi connectivity index (χ2n) is 9.64. The number of piperidine rings is 1. The van der Waals surface area contributed by atoms with E-state index in [4.69, 9.17) is 33.9 Å². The highest BCUT2D eigenvalue weighted by molar-refractivity contribution is 5.90. The summed E-state index contributed by atoms with van der Waals surface area (Å²) in [6.07, 6.45) is -2.50. The van der Waals surface area contributed by atoms with Gasteiger partial charge in [-0.1, -0.05) is 0 Å². The van der Waals surface area contributed by atoms with Crippen LogP contribution in [0.4, 0.5) is 26.3 Å². The number of halogens is 6. The van der Waals surface area contributed by atoms with Crippen LogP contribution in [0.25, 0.3) is 22.3 Å². The monoisotopic (exact) mass is 630 g/mol. The number of hydrogen-bond donors (Lipinski definition) is 2. The second-order valence-corrected chi connectivity index (χ2v) is 9.64. The fraction of sp³-hybridized carbons (Fsp3) is 0.357. The molecule has 0 atom stereocenters. The molecule has 1 aliphatic heterocycles. The Bertz CT molecular complexity index is 1500. The molecule has 0 radical (unpaired) electrons. The van der Waals surface area contributed by atoms with Gasteiger partial charge in [-0.3, -0.25) is 9.88 Å². The molecule has 0 saturated carbocycles. The van der Waals surface area contributed by atoms with Crippen molar-refractivity contribution in [2.75, 3.05) is 20.2 Å². The topological polar surface area (TPSA) is 131 Å². The van der Waals surface area contributed by atoms with E-state index in [0.717, 1.165) is 60.5 Å². The van der Waals surface area contributed by atoms with E-state index < -0.39 is 24.3 Å². The van der Waals surface area contributed by atoms with E-state index in [1.165, 1.54) is 11.3 Å². The van der Waals surface area contributed by atoms with Crippen LogP contribution in [0.15, 0.2) is 59.7 Å². The molecule has 1 aromatic carbocycles. The van der Waals surface area contributed by atoms with Crippen molar-refractivity contribution in [1.29, 1.82) is 0 Å². The number of fused-ring (bicyclic) bond motifs is 1. The number of methoxy groups -OCH3 is 1. The minimum atomic E-state index is -5.08. The summed E-state index contributed by atoms with van der Waals surface area (Å²) in [5.41, 5.74) is 6.50. The number of benzene rings is 1. The predicted molar refractivity (Wildman–Crippen MR) is 144 cm³/mol. The molecule has 238 valence electrons. The molecule has 0 unspecified atom stereocenters. The van der Waals surface area contributed by atoms with Crippen LogP contribution in [0.1, 0.15) is 30.0 Å². The van der Waals surface area contributed by atoms with Crippen molar-refractivity contribution >= 4 is 23.0 Å². The molecule has 0 aliphatic carbocycles. The van der Waals surface area contributed by atoms with Gasteiger partial charge in [-0.25, -0.2) is 14.6 Å². The number of carboxylic acids is 2. The van der Waals surface area contributed by atoms with Gasteiger partial charge in [0, 0.05) is 36.3 Å². The fourth-order valence-corrected chi connectivity index (χ4v) is 4.33.